The summed E-state index contributed by atoms with van der Waals surface area (Å²) < 4.78 is 13.1. The Bertz CT molecular complexity index is 386. The number of benzene rings is 1. The lowest BCUT2D eigenvalue weighted by atomic mass is 9.82. The van der Waals surface area contributed by atoms with Crippen molar-refractivity contribution in [3.8, 4) is 0 Å². The molecule has 1 aromatic rings. The maximum atomic E-state index is 13.1. The van der Waals surface area contributed by atoms with Crippen LogP contribution in [-0.2, 0) is 6.54 Å². The predicted octanol–water partition coefficient (Wildman–Crippen LogP) is 2.92. The highest BCUT2D eigenvalue weighted by Gasteiger charge is 2.28. The Morgan fingerprint density at radius 1 is 1.28 bits per heavy atom. The number of hydrogen-bond donors (Lipinski definition) is 1. The van der Waals surface area contributed by atoms with Crippen molar-refractivity contribution in [2.45, 2.75) is 44.2 Å². The summed E-state index contributed by atoms with van der Waals surface area (Å²) in [5.41, 5.74) is 7.40. The summed E-state index contributed by atoms with van der Waals surface area (Å²) in [6.45, 7) is 1.65. The molecule has 1 aliphatic rings. The van der Waals surface area contributed by atoms with Gasteiger partial charge in [0, 0.05) is 18.6 Å². The predicted molar refractivity (Wildman–Crippen MR) is 72.7 cm³/mol. The molecule has 0 spiro atoms. The van der Waals surface area contributed by atoms with Crippen molar-refractivity contribution in [1.29, 1.82) is 0 Å². The minimum Gasteiger partial charge on any atom is -0.324 e. The SMILES string of the molecule is CN(Cc1cccc(F)c1)CC1(N)CCCCC1. The van der Waals surface area contributed by atoms with E-state index < -0.39 is 0 Å². The molecule has 2 nitrogen and oxygen atoms in total. The molecule has 0 bridgehead atoms. The second-order valence-corrected chi connectivity index (χ2v) is 5.73. The lowest BCUT2D eigenvalue weighted by Crippen LogP contribution is -2.50. The minimum absolute atomic E-state index is 0.0413. The van der Waals surface area contributed by atoms with Crippen LogP contribution in [0.5, 0.6) is 0 Å². The maximum Gasteiger partial charge on any atom is 0.123 e. The number of nitrogens with two attached hydrogens (primary N) is 1. The first-order valence-electron chi connectivity index (χ1n) is 6.79. The van der Waals surface area contributed by atoms with E-state index in [0.29, 0.717) is 0 Å². The van der Waals surface area contributed by atoms with E-state index in [0.717, 1.165) is 31.5 Å². The fraction of sp³-hybridized carbons (Fsp3) is 0.600. The van der Waals surface area contributed by atoms with Gasteiger partial charge in [-0.3, -0.25) is 0 Å². The Balaban J connectivity index is 1.90. The molecule has 2 rings (SSSR count). The molecule has 1 fully saturated rings. The first kappa shape index (κ1) is 13.5. The van der Waals surface area contributed by atoms with Crippen LogP contribution < -0.4 is 5.73 Å². The molecule has 0 unspecified atom stereocenters. The first-order valence-corrected chi connectivity index (χ1v) is 6.79. The van der Waals surface area contributed by atoms with Crippen molar-refractivity contribution >= 4 is 0 Å². The van der Waals surface area contributed by atoms with Crippen LogP contribution in [0, 0.1) is 5.82 Å². The van der Waals surface area contributed by atoms with Crippen molar-refractivity contribution < 1.29 is 4.39 Å². The Morgan fingerprint density at radius 3 is 2.67 bits per heavy atom. The number of halogens is 1. The quantitative estimate of drug-likeness (QED) is 0.890. The highest BCUT2D eigenvalue weighted by atomic mass is 19.1. The summed E-state index contributed by atoms with van der Waals surface area (Å²) in [6, 6.07) is 6.80. The molecular weight excluding hydrogens is 227 g/mol. The van der Waals surface area contributed by atoms with Gasteiger partial charge < -0.3 is 10.6 Å². The summed E-state index contributed by atoms with van der Waals surface area (Å²) in [6.07, 6.45) is 6.02. The zero-order chi connectivity index (χ0) is 13.0. The number of rotatable bonds is 4. The lowest BCUT2D eigenvalue weighted by molar-refractivity contribution is 0.193. The second-order valence-electron chi connectivity index (χ2n) is 5.73. The van der Waals surface area contributed by atoms with E-state index in [1.807, 2.05) is 6.07 Å². The average Bonchev–Trinajstić information content (AvgIpc) is 2.28. The fourth-order valence-corrected chi connectivity index (χ4v) is 2.95. The molecule has 100 valence electrons. The van der Waals surface area contributed by atoms with E-state index in [1.54, 1.807) is 12.1 Å². The molecule has 0 heterocycles. The Morgan fingerprint density at radius 2 is 2.00 bits per heavy atom. The highest BCUT2D eigenvalue weighted by molar-refractivity contribution is 5.16. The van der Waals surface area contributed by atoms with Crippen molar-refractivity contribution in [2.24, 2.45) is 5.73 Å². The van der Waals surface area contributed by atoms with Crippen LogP contribution in [0.4, 0.5) is 4.39 Å². The summed E-state index contributed by atoms with van der Waals surface area (Å²) in [7, 11) is 2.06. The Hall–Kier alpha value is -0.930. The summed E-state index contributed by atoms with van der Waals surface area (Å²) in [5, 5.41) is 0. The van der Waals surface area contributed by atoms with E-state index in [9.17, 15) is 4.39 Å². The maximum absolute atomic E-state index is 13.1. The summed E-state index contributed by atoms with van der Waals surface area (Å²) in [5.74, 6) is -0.166. The zero-order valence-electron chi connectivity index (χ0n) is 11.2. The van der Waals surface area contributed by atoms with Crippen LogP contribution in [0.1, 0.15) is 37.7 Å². The largest absolute Gasteiger partial charge is 0.324 e. The van der Waals surface area contributed by atoms with Gasteiger partial charge in [-0.2, -0.15) is 0 Å². The van der Waals surface area contributed by atoms with Gasteiger partial charge in [-0.1, -0.05) is 31.4 Å². The van der Waals surface area contributed by atoms with Crippen LogP contribution in [-0.4, -0.2) is 24.0 Å². The average molecular weight is 250 g/mol. The van der Waals surface area contributed by atoms with Crippen molar-refractivity contribution in [3.63, 3.8) is 0 Å². The van der Waals surface area contributed by atoms with Gasteiger partial charge >= 0.3 is 0 Å². The van der Waals surface area contributed by atoms with Crippen molar-refractivity contribution in [3.05, 3.63) is 35.6 Å². The molecule has 0 aliphatic heterocycles. The standard InChI is InChI=1S/C15H23FN2/c1-18(11-13-6-5-7-14(16)10-13)12-15(17)8-3-2-4-9-15/h5-7,10H,2-4,8-9,11-12,17H2,1H3. The van der Waals surface area contributed by atoms with Crippen LogP contribution in [0.15, 0.2) is 24.3 Å². The molecule has 0 amide bonds. The number of likely N-dealkylation sites (N-methyl/N-ethyl adjacent to an activating group) is 1. The van der Waals surface area contributed by atoms with Gasteiger partial charge in [0.15, 0.2) is 0 Å². The fourth-order valence-electron chi connectivity index (χ4n) is 2.95. The Labute approximate surface area is 109 Å². The molecule has 2 N–H and O–H groups in total. The minimum atomic E-state index is -0.166. The molecular formula is C15H23FN2. The molecule has 0 atom stereocenters. The second kappa shape index (κ2) is 5.81. The van der Waals surface area contributed by atoms with Gasteiger partial charge in [0.2, 0.25) is 0 Å². The van der Waals surface area contributed by atoms with Gasteiger partial charge in [-0.05, 0) is 37.6 Å². The van der Waals surface area contributed by atoms with E-state index in [4.69, 9.17) is 5.73 Å². The normalized spacial score (nSPS) is 19.1. The molecule has 0 aromatic heterocycles. The third kappa shape index (κ3) is 3.79. The van der Waals surface area contributed by atoms with Gasteiger partial charge in [0.25, 0.3) is 0 Å². The molecule has 1 saturated carbocycles. The molecule has 1 aliphatic carbocycles. The van der Waals surface area contributed by atoms with Crippen molar-refractivity contribution in [1.82, 2.24) is 4.90 Å². The van der Waals surface area contributed by atoms with Crippen LogP contribution in [0.2, 0.25) is 0 Å². The van der Waals surface area contributed by atoms with Gasteiger partial charge in [-0.25, -0.2) is 4.39 Å². The van der Waals surface area contributed by atoms with E-state index in [2.05, 4.69) is 11.9 Å². The van der Waals surface area contributed by atoms with Crippen LogP contribution in [0.3, 0.4) is 0 Å². The molecule has 3 heteroatoms. The summed E-state index contributed by atoms with van der Waals surface area (Å²) >= 11 is 0. The van der Waals surface area contributed by atoms with E-state index in [1.165, 1.54) is 25.3 Å². The molecule has 18 heavy (non-hydrogen) atoms. The lowest BCUT2D eigenvalue weighted by Gasteiger charge is -2.36. The topological polar surface area (TPSA) is 29.3 Å². The third-order valence-electron chi connectivity index (χ3n) is 3.78. The molecule has 1 aromatic carbocycles. The van der Waals surface area contributed by atoms with E-state index in [-0.39, 0.29) is 11.4 Å². The zero-order valence-corrected chi connectivity index (χ0v) is 11.2. The van der Waals surface area contributed by atoms with E-state index >= 15 is 0 Å². The van der Waals surface area contributed by atoms with Crippen LogP contribution in [0.25, 0.3) is 0 Å². The van der Waals surface area contributed by atoms with Gasteiger partial charge in [0.1, 0.15) is 5.82 Å². The van der Waals surface area contributed by atoms with Crippen LogP contribution >= 0.6 is 0 Å². The smallest absolute Gasteiger partial charge is 0.123 e. The third-order valence-corrected chi connectivity index (χ3v) is 3.78. The number of hydrogen-bond acceptors (Lipinski definition) is 2. The number of nitrogens with zero attached hydrogens (tertiary/aromatic N) is 1. The first-order chi connectivity index (χ1) is 8.57. The summed E-state index contributed by atoms with van der Waals surface area (Å²) in [4.78, 5) is 2.21. The molecule has 0 saturated heterocycles. The highest BCUT2D eigenvalue weighted by Crippen LogP contribution is 2.26. The monoisotopic (exact) mass is 250 g/mol. The van der Waals surface area contributed by atoms with Gasteiger partial charge in [-0.15, -0.1) is 0 Å². The van der Waals surface area contributed by atoms with Crippen molar-refractivity contribution in [2.75, 3.05) is 13.6 Å². The van der Waals surface area contributed by atoms with Gasteiger partial charge in [0.05, 0.1) is 0 Å². The molecule has 0 radical (unpaired) electrons. The Kier molecular flexibility index (Phi) is 4.36.